The number of fused-ring (bicyclic) bond motifs is 1. The third-order valence-electron chi connectivity index (χ3n) is 3.23. The molecular formula is C14H14ClN3O2. The molecule has 1 aliphatic rings. The quantitative estimate of drug-likeness (QED) is 0.881. The molecule has 0 spiro atoms. The number of hydrogen-bond acceptors (Lipinski definition) is 5. The van der Waals surface area contributed by atoms with Gasteiger partial charge in [-0.25, -0.2) is 9.97 Å². The van der Waals surface area contributed by atoms with Crippen molar-refractivity contribution < 1.29 is 9.47 Å². The van der Waals surface area contributed by atoms with Crippen molar-refractivity contribution in [2.24, 2.45) is 0 Å². The van der Waals surface area contributed by atoms with Crippen molar-refractivity contribution in [3.63, 3.8) is 0 Å². The third-order valence-corrected chi connectivity index (χ3v) is 3.50. The number of methoxy groups -OCH3 is 1. The number of nitrogens with one attached hydrogen (secondary N) is 1. The molecule has 1 N–H and O–H groups in total. The maximum Gasteiger partial charge on any atom is 0.198 e. The van der Waals surface area contributed by atoms with Gasteiger partial charge in [-0.3, -0.25) is 0 Å². The predicted octanol–water partition coefficient (Wildman–Crippen LogP) is 3.07. The van der Waals surface area contributed by atoms with Crippen LogP contribution in [-0.4, -0.2) is 23.7 Å². The number of nitrogens with zero attached hydrogens (tertiary/aromatic N) is 2. The highest BCUT2D eigenvalue weighted by atomic mass is 35.5. The summed E-state index contributed by atoms with van der Waals surface area (Å²) in [5.74, 6) is 1.95. The minimum atomic E-state index is 0.111. The number of ether oxygens (including phenoxy) is 2. The highest BCUT2D eigenvalue weighted by Crippen LogP contribution is 2.36. The zero-order valence-electron chi connectivity index (χ0n) is 11.0. The first-order chi connectivity index (χ1) is 9.79. The molecule has 20 heavy (non-hydrogen) atoms. The van der Waals surface area contributed by atoms with Gasteiger partial charge in [0.15, 0.2) is 16.7 Å². The molecular weight excluding hydrogens is 278 g/mol. The van der Waals surface area contributed by atoms with E-state index in [1.54, 1.807) is 7.11 Å². The normalized spacial score (nSPS) is 17.0. The largest absolute Gasteiger partial charge is 0.493 e. The van der Waals surface area contributed by atoms with Crippen LogP contribution in [0.25, 0.3) is 0 Å². The van der Waals surface area contributed by atoms with E-state index < -0.39 is 0 Å². The number of rotatable bonds is 3. The average Bonchev–Trinajstić information content (AvgIpc) is 2.48. The van der Waals surface area contributed by atoms with E-state index in [1.165, 1.54) is 6.33 Å². The van der Waals surface area contributed by atoms with E-state index in [-0.39, 0.29) is 6.04 Å². The minimum absolute atomic E-state index is 0.111. The number of anilines is 1. The highest BCUT2D eigenvalue weighted by molar-refractivity contribution is 6.31. The molecule has 3 rings (SSSR count). The number of hydrogen-bond donors (Lipinski definition) is 1. The number of benzene rings is 1. The average molecular weight is 292 g/mol. The predicted molar refractivity (Wildman–Crippen MR) is 76.5 cm³/mol. The monoisotopic (exact) mass is 291 g/mol. The second kappa shape index (κ2) is 5.54. The third kappa shape index (κ3) is 2.36. The Morgan fingerprint density at radius 3 is 3.05 bits per heavy atom. The first-order valence-electron chi connectivity index (χ1n) is 6.32. The molecule has 0 fully saturated rings. The van der Waals surface area contributed by atoms with Crippen molar-refractivity contribution in [3.8, 4) is 11.5 Å². The van der Waals surface area contributed by atoms with Gasteiger partial charge in [-0.2, -0.15) is 0 Å². The second-order valence-corrected chi connectivity index (χ2v) is 4.78. The molecule has 0 radical (unpaired) electrons. The molecule has 5 nitrogen and oxygen atoms in total. The van der Waals surface area contributed by atoms with Crippen molar-refractivity contribution in [3.05, 3.63) is 41.3 Å². The first kappa shape index (κ1) is 13.0. The van der Waals surface area contributed by atoms with Crippen LogP contribution in [0, 0.1) is 0 Å². The molecule has 0 amide bonds. The van der Waals surface area contributed by atoms with E-state index in [0.717, 1.165) is 17.7 Å². The van der Waals surface area contributed by atoms with E-state index in [2.05, 4.69) is 15.3 Å². The van der Waals surface area contributed by atoms with Crippen molar-refractivity contribution in [1.29, 1.82) is 0 Å². The van der Waals surface area contributed by atoms with E-state index in [9.17, 15) is 0 Å². The number of halogens is 1. The van der Waals surface area contributed by atoms with Gasteiger partial charge in [-0.1, -0.05) is 29.8 Å². The molecule has 1 aliphatic heterocycles. The van der Waals surface area contributed by atoms with Crippen molar-refractivity contribution in [2.45, 2.75) is 12.5 Å². The fourth-order valence-electron chi connectivity index (χ4n) is 2.29. The summed E-state index contributed by atoms with van der Waals surface area (Å²) in [6.07, 6.45) is 2.26. The molecule has 1 aromatic heterocycles. The van der Waals surface area contributed by atoms with Gasteiger partial charge in [-0.05, 0) is 6.07 Å². The Labute approximate surface area is 121 Å². The van der Waals surface area contributed by atoms with E-state index in [4.69, 9.17) is 21.1 Å². The Kier molecular flexibility index (Phi) is 3.60. The van der Waals surface area contributed by atoms with Crippen molar-refractivity contribution in [1.82, 2.24) is 9.97 Å². The lowest BCUT2D eigenvalue weighted by molar-refractivity contribution is 0.274. The van der Waals surface area contributed by atoms with Crippen LogP contribution >= 0.6 is 11.6 Å². The van der Waals surface area contributed by atoms with Crippen LogP contribution in [0.3, 0.4) is 0 Å². The van der Waals surface area contributed by atoms with Crippen LogP contribution in [0.2, 0.25) is 5.15 Å². The van der Waals surface area contributed by atoms with Gasteiger partial charge >= 0.3 is 0 Å². The van der Waals surface area contributed by atoms with Gasteiger partial charge in [0.1, 0.15) is 12.1 Å². The molecule has 0 bridgehead atoms. The second-order valence-electron chi connectivity index (χ2n) is 4.42. The van der Waals surface area contributed by atoms with Gasteiger partial charge in [0.05, 0.1) is 19.8 Å². The maximum atomic E-state index is 6.01. The molecule has 1 unspecified atom stereocenters. The van der Waals surface area contributed by atoms with E-state index >= 15 is 0 Å². The van der Waals surface area contributed by atoms with Gasteiger partial charge in [0, 0.05) is 12.0 Å². The Morgan fingerprint density at radius 2 is 2.20 bits per heavy atom. The van der Waals surface area contributed by atoms with Crippen LogP contribution in [0.15, 0.2) is 30.6 Å². The summed E-state index contributed by atoms with van der Waals surface area (Å²) in [4.78, 5) is 8.12. The SMILES string of the molecule is COc1c(Cl)ncnc1NC1CCOc2ccccc21. The van der Waals surface area contributed by atoms with Crippen LogP contribution in [0.4, 0.5) is 5.82 Å². The molecule has 6 heteroatoms. The van der Waals surface area contributed by atoms with Gasteiger partial charge in [0.2, 0.25) is 0 Å². The molecule has 104 valence electrons. The molecule has 2 aromatic rings. The molecule has 0 aliphatic carbocycles. The lowest BCUT2D eigenvalue weighted by atomic mass is 10.0. The molecule has 0 saturated carbocycles. The van der Waals surface area contributed by atoms with Gasteiger partial charge in [0.25, 0.3) is 0 Å². The summed E-state index contributed by atoms with van der Waals surface area (Å²) < 4.78 is 10.9. The van der Waals surface area contributed by atoms with Crippen LogP contribution in [-0.2, 0) is 0 Å². The summed E-state index contributed by atoms with van der Waals surface area (Å²) in [5, 5.41) is 3.65. The maximum absolute atomic E-state index is 6.01. The Hall–Kier alpha value is -2.01. The number of para-hydroxylation sites is 1. The first-order valence-corrected chi connectivity index (χ1v) is 6.70. The summed E-state index contributed by atoms with van der Waals surface area (Å²) >= 11 is 6.01. The summed E-state index contributed by atoms with van der Waals surface area (Å²) in [6, 6.07) is 8.07. The summed E-state index contributed by atoms with van der Waals surface area (Å²) in [6.45, 7) is 0.663. The van der Waals surface area contributed by atoms with Crippen molar-refractivity contribution in [2.75, 3.05) is 19.0 Å². The zero-order valence-corrected chi connectivity index (χ0v) is 11.7. The minimum Gasteiger partial charge on any atom is -0.493 e. The van der Waals surface area contributed by atoms with Crippen LogP contribution < -0.4 is 14.8 Å². The Bertz CT molecular complexity index is 621. The Morgan fingerprint density at radius 1 is 1.35 bits per heavy atom. The number of aromatic nitrogens is 2. The zero-order chi connectivity index (χ0) is 13.9. The topological polar surface area (TPSA) is 56.3 Å². The molecule has 1 atom stereocenters. The standard InChI is InChI=1S/C14H14ClN3O2/c1-19-12-13(15)16-8-17-14(12)18-10-6-7-20-11-5-3-2-4-9(10)11/h2-5,8,10H,6-7H2,1H3,(H,16,17,18). The van der Waals surface area contributed by atoms with Crippen molar-refractivity contribution >= 4 is 17.4 Å². The Balaban J connectivity index is 1.91. The highest BCUT2D eigenvalue weighted by Gasteiger charge is 2.23. The lowest BCUT2D eigenvalue weighted by Gasteiger charge is -2.27. The van der Waals surface area contributed by atoms with Gasteiger partial charge in [-0.15, -0.1) is 0 Å². The summed E-state index contributed by atoms with van der Waals surface area (Å²) in [5.41, 5.74) is 1.11. The van der Waals surface area contributed by atoms with Crippen LogP contribution in [0.1, 0.15) is 18.0 Å². The lowest BCUT2D eigenvalue weighted by Crippen LogP contribution is -2.21. The fourth-order valence-corrected chi connectivity index (χ4v) is 2.50. The molecule has 2 heterocycles. The molecule has 1 aromatic carbocycles. The van der Waals surface area contributed by atoms with E-state index in [0.29, 0.717) is 23.3 Å². The van der Waals surface area contributed by atoms with Gasteiger partial charge < -0.3 is 14.8 Å². The smallest absolute Gasteiger partial charge is 0.198 e. The van der Waals surface area contributed by atoms with E-state index in [1.807, 2.05) is 24.3 Å². The summed E-state index contributed by atoms with van der Waals surface area (Å²) in [7, 11) is 1.55. The molecule has 0 saturated heterocycles. The van der Waals surface area contributed by atoms with Crippen LogP contribution in [0.5, 0.6) is 11.5 Å². The fraction of sp³-hybridized carbons (Fsp3) is 0.286.